The molecule has 0 atom stereocenters. The van der Waals surface area contributed by atoms with Crippen molar-refractivity contribution in [2.24, 2.45) is 0 Å². The van der Waals surface area contributed by atoms with Gasteiger partial charge >= 0.3 is 0 Å². The van der Waals surface area contributed by atoms with Crippen LogP contribution in [-0.2, 0) is 0 Å². The first-order chi connectivity index (χ1) is 5.27. The second-order valence-electron chi connectivity index (χ2n) is 1.89. The van der Waals surface area contributed by atoms with Crippen LogP contribution in [-0.4, -0.2) is 12.0 Å². The SMILES string of the molecule is CNc1nc(Cl)ccc1C#N. The monoisotopic (exact) mass is 167 g/mol. The largest absolute Gasteiger partial charge is 0.372 e. The number of halogens is 1. The normalized spacial score (nSPS) is 8.82. The van der Waals surface area contributed by atoms with E-state index in [4.69, 9.17) is 16.9 Å². The minimum atomic E-state index is 0.383. The van der Waals surface area contributed by atoms with Crippen molar-refractivity contribution in [3.63, 3.8) is 0 Å². The van der Waals surface area contributed by atoms with Crippen LogP contribution in [0.4, 0.5) is 5.82 Å². The van der Waals surface area contributed by atoms with Crippen LogP contribution in [0.2, 0.25) is 5.15 Å². The molecule has 1 heterocycles. The Labute approximate surface area is 69.6 Å². The first kappa shape index (κ1) is 7.83. The lowest BCUT2D eigenvalue weighted by molar-refractivity contribution is 1.27. The van der Waals surface area contributed by atoms with Crippen molar-refractivity contribution in [3.8, 4) is 6.07 Å². The maximum Gasteiger partial charge on any atom is 0.145 e. The zero-order valence-corrected chi connectivity index (χ0v) is 6.68. The quantitative estimate of drug-likeness (QED) is 0.647. The van der Waals surface area contributed by atoms with Gasteiger partial charge in [-0.1, -0.05) is 11.6 Å². The van der Waals surface area contributed by atoms with E-state index in [1.54, 1.807) is 19.2 Å². The summed E-state index contributed by atoms with van der Waals surface area (Å²) in [4.78, 5) is 3.89. The van der Waals surface area contributed by atoms with E-state index in [0.29, 0.717) is 16.5 Å². The van der Waals surface area contributed by atoms with Gasteiger partial charge < -0.3 is 5.32 Å². The summed E-state index contributed by atoms with van der Waals surface area (Å²) < 4.78 is 0. The van der Waals surface area contributed by atoms with Gasteiger partial charge in [-0.2, -0.15) is 5.26 Å². The number of nitriles is 1. The first-order valence-corrected chi connectivity index (χ1v) is 3.40. The number of hydrogen-bond acceptors (Lipinski definition) is 3. The average molecular weight is 168 g/mol. The Bertz CT molecular complexity index is 303. The molecule has 3 nitrogen and oxygen atoms in total. The summed E-state index contributed by atoms with van der Waals surface area (Å²) in [5.74, 6) is 0.514. The van der Waals surface area contributed by atoms with E-state index in [1.807, 2.05) is 6.07 Å². The lowest BCUT2D eigenvalue weighted by Gasteiger charge is -2.00. The van der Waals surface area contributed by atoms with Gasteiger partial charge in [0.05, 0.1) is 5.56 Å². The maximum absolute atomic E-state index is 8.57. The predicted molar refractivity (Wildman–Crippen MR) is 43.5 cm³/mol. The Morgan fingerprint density at radius 3 is 2.91 bits per heavy atom. The highest BCUT2D eigenvalue weighted by Gasteiger charge is 2.00. The molecule has 0 aromatic carbocycles. The Kier molecular flexibility index (Phi) is 2.29. The predicted octanol–water partition coefficient (Wildman–Crippen LogP) is 1.65. The van der Waals surface area contributed by atoms with Crippen LogP contribution in [0.15, 0.2) is 12.1 Å². The molecule has 0 aliphatic carbocycles. The Morgan fingerprint density at radius 2 is 2.36 bits per heavy atom. The molecule has 0 fully saturated rings. The summed E-state index contributed by atoms with van der Waals surface area (Å²) in [6.07, 6.45) is 0. The summed E-state index contributed by atoms with van der Waals surface area (Å²) in [5, 5.41) is 11.7. The molecule has 0 aliphatic rings. The smallest absolute Gasteiger partial charge is 0.145 e. The zero-order chi connectivity index (χ0) is 8.27. The molecule has 0 saturated heterocycles. The van der Waals surface area contributed by atoms with E-state index in [-0.39, 0.29) is 0 Å². The highest BCUT2D eigenvalue weighted by atomic mass is 35.5. The van der Waals surface area contributed by atoms with Crippen LogP contribution in [0.5, 0.6) is 0 Å². The summed E-state index contributed by atoms with van der Waals surface area (Å²) >= 11 is 5.59. The summed E-state index contributed by atoms with van der Waals surface area (Å²) in [6.45, 7) is 0. The van der Waals surface area contributed by atoms with Gasteiger partial charge in [0.25, 0.3) is 0 Å². The van der Waals surface area contributed by atoms with Crippen molar-refractivity contribution in [1.29, 1.82) is 5.26 Å². The minimum Gasteiger partial charge on any atom is -0.372 e. The van der Waals surface area contributed by atoms with Gasteiger partial charge in [-0.25, -0.2) is 4.98 Å². The van der Waals surface area contributed by atoms with Gasteiger partial charge in [-0.3, -0.25) is 0 Å². The molecule has 1 rings (SSSR count). The Morgan fingerprint density at radius 1 is 1.64 bits per heavy atom. The van der Waals surface area contributed by atoms with Crippen molar-refractivity contribution in [2.75, 3.05) is 12.4 Å². The van der Waals surface area contributed by atoms with E-state index in [2.05, 4.69) is 10.3 Å². The van der Waals surface area contributed by atoms with Gasteiger partial charge in [0.1, 0.15) is 17.0 Å². The molecule has 1 N–H and O–H groups in total. The number of nitrogens with one attached hydrogen (secondary N) is 1. The van der Waals surface area contributed by atoms with Crippen molar-refractivity contribution >= 4 is 17.4 Å². The fraction of sp³-hybridized carbons (Fsp3) is 0.143. The Balaban J connectivity index is 3.19. The molecule has 0 bridgehead atoms. The molecule has 4 heteroatoms. The van der Waals surface area contributed by atoms with Crippen LogP contribution < -0.4 is 5.32 Å². The van der Waals surface area contributed by atoms with Gasteiger partial charge in [0.2, 0.25) is 0 Å². The van der Waals surface area contributed by atoms with Gasteiger partial charge in [-0.05, 0) is 12.1 Å². The van der Waals surface area contributed by atoms with Gasteiger partial charge in [0.15, 0.2) is 0 Å². The fourth-order valence-electron chi connectivity index (χ4n) is 0.716. The third kappa shape index (κ3) is 1.60. The van der Waals surface area contributed by atoms with Crippen molar-refractivity contribution < 1.29 is 0 Å². The summed E-state index contributed by atoms with van der Waals surface area (Å²) in [5.41, 5.74) is 0.497. The summed E-state index contributed by atoms with van der Waals surface area (Å²) in [6, 6.07) is 5.20. The molecule has 1 aromatic rings. The molecular formula is C7H6ClN3. The van der Waals surface area contributed by atoms with Crippen LogP contribution in [0.25, 0.3) is 0 Å². The lowest BCUT2D eigenvalue weighted by atomic mass is 10.3. The second kappa shape index (κ2) is 3.22. The van der Waals surface area contributed by atoms with Crippen LogP contribution in [0.3, 0.4) is 0 Å². The van der Waals surface area contributed by atoms with E-state index in [9.17, 15) is 0 Å². The molecule has 11 heavy (non-hydrogen) atoms. The van der Waals surface area contributed by atoms with Gasteiger partial charge in [0, 0.05) is 7.05 Å². The number of aromatic nitrogens is 1. The molecule has 0 spiro atoms. The molecule has 0 radical (unpaired) electrons. The van der Waals surface area contributed by atoms with Gasteiger partial charge in [-0.15, -0.1) is 0 Å². The molecule has 0 aliphatic heterocycles. The minimum absolute atomic E-state index is 0.383. The molecular weight excluding hydrogens is 162 g/mol. The number of hydrogen-bond donors (Lipinski definition) is 1. The third-order valence-corrected chi connectivity index (χ3v) is 1.43. The van der Waals surface area contributed by atoms with E-state index in [1.165, 1.54) is 0 Å². The van der Waals surface area contributed by atoms with E-state index < -0.39 is 0 Å². The topological polar surface area (TPSA) is 48.7 Å². The Hall–Kier alpha value is -1.27. The zero-order valence-electron chi connectivity index (χ0n) is 5.93. The number of nitrogens with zero attached hydrogens (tertiary/aromatic N) is 2. The van der Waals surface area contributed by atoms with Crippen molar-refractivity contribution in [3.05, 3.63) is 22.8 Å². The molecule has 0 amide bonds. The van der Waals surface area contributed by atoms with E-state index in [0.717, 1.165) is 0 Å². The molecule has 1 aromatic heterocycles. The molecule has 0 saturated carbocycles. The second-order valence-corrected chi connectivity index (χ2v) is 2.28. The fourth-order valence-corrected chi connectivity index (χ4v) is 0.864. The third-order valence-electron chi connectivity index (χ3n) is 1.22. The number of pyridine rings is 1. The van der Waals surface area contributed by atoms with Crippen molar-refractivity contribution in [1.82, 2.24) is 4.98 Å². The van der Waals surface area contributed by atoms with Crippen LogP contribution in [0, 0.1) is 11.3 Å². The standard InChI is InChI=1S/C7H6ClN3/c1-10-7-5(4-9)2-3-6(8)11-7/h2-3H,1H3,(H,10,11). The molecule has 56 valence electrons. The van der Waals surface area contributed by atoms with Crippen LogP contribution in [0.1, 0.15) is 5.56 Å². The van der Waals surface area contributed by atoms with E-state index >= 15 is 0 Å². The first-order valence-electron chi connectivity index (χ1n) is 3.02. The number of rotatable bonds is 1. The highest BCUT2D eigenvalue weighted by molar-refractivity contribution is 6.29. The summed E-state index contributed by atoms with van der Waals surface area (Å²) in [7, 11) is 1.69. The lowest BCUT2D eigenvalue weighted by Crippen LogP contribution is -1.95. The maximum atomic E-state index is 8.57. The molecule has 0 unspecified atom stereocenters. The van der Waals surface area contributed by atoms with Crippen molar-refractivity contribution in [2.45, 2.75) is 0 Å². The average Bonchev–Trinajstić information content (AvgIpc) is 2.04. The van der Waals surface area contributed by atoms with Crippen LogP contribution >= 0.6 is 11.6 Å². The number of anilines is 1. The highest BCUT2D eigenvalue weighted by Crippen LogP contribution is 2.14.